The van der Waals surface area contributed by atoms with Crippen LogP contribution in [0.1, 0.15) is 9.67 Å². The molecule has 4 heteroatoms. The van der Waals surface area contributed by atoms with Crippen molar-refractivity contribution in [2.24, 2.45) is 0 Å². The van der Waals surface area contributed by atoms with Crippen molar-refractivity contribution in [2.75, 3.05) is 0 Å². The van der Waals surface area contributed by atoms with E-state index in [1.54, 1.807) is 28.8 Å². The SMILES string of the molecule is O=C(I)c1ccc(-c2ccccn2)s1. The van der Waals surface area contributed by atoms with Gasteiger partial charge >= 0.3 is 0 Å². The van der Waals surface area contributed by atoms with Crippen molar-refractivity contribution in [1.29, 1.82) is 0 Å². The number of hydrogen-bond acceptors (Lipinski definition) is 3. The van der Waals surface area contributed by atoms with Gasteiger partial charge in [0, 0.05) is 28.8 Å². The summed E-state index contributed by atoms with van der Waals surface area (Å²) in [6.45, 7) is 0. The van der Waals surface area contributed by atoms with Crippen molar-refractivity contribution in [3.05, 3.63) is 41.4 Å². The molecule has 0 aliphatic carbocycles. The monoisotopic (exact) mass is 315 g/mol. The van der Waals surface area contributed by atoms with Crippen LogP contribution in [-0.4, -0.2) is 8.77 Å². The van der Waals surface area contributed by atoms with Crippen molar-refractivity contribution >= 4 is 37.7 Å². The molecular weight excluding hydrogens is 309 g/mol. The van der Waals surface area contributed by atoms with Gasteiger partial charge in [0.05, 0.1) is 15.4 Å². The van der Waals surface area contributed by atoms with Gasteiger partial charge in [-0.25, -0.2) is 0 Å². The van der Waals surface area contributed by atoms with Crippen molar-refractivity contribution in [2.45, 2.75) is 0 Å². The number of rotatable bonds is 2. The smallest absolute Gasteiger partial charge is 0.232 e. The third kappa shape index (κ3) is 2.01. The molecule has 0 atom stereocenters. The fourth-order valence-electron chi connectivity index (χ4n) is 1.09. The van der Waals surface area contributed by atoms with Gasteiger partial charge < -0.3 is 0 Å². The molecule has 0 aliphatic rings. The quantitative estimate of drug-likeness (QED) is 0.628. The summed E-state index contributed by atoms with van der Waals surface area (Å²) in [5, 5.41) is 0. The lowest BCUT2D eigenvalue weighted by molar-refractivity contribution is 0.110. The van der Waals surface area contributed by atoms with E-state index in [0.717, 1.165) is 15.4 Å². The molecule has 0 aliphatic heterocycles. The van der Waals surface area contributed by atoms with Crippen LogP contribution < -0.4 is 0 Å². The minimum atomic E-state index is 0.0785. The lowest BCUT2D eigenvalue weighted by Gasteiger charge is -1.92. The van der Waals surface area contributed by atoms with E-state index in [1.165, 1.54) is 11.3 Å². The fourth-order valence-corrected chi connectivity index (χ4v) is 2.41. The van der Waals surface area contributed by atoms with Crippen LogP contribution in [0.2, 0.25) is 0 Å². The van der Waals surface area contributed by atoms with Gasteiger partial charge in [0.2, 0.25) is 3.79 Å². The van der Waals surface area contributed by atoms with Crippen molar-refractivity contribution in [3.8, 4) is 10.6 Å². The average molecular weight is 315 g/mol. The maximum atomic E-state index is 11.1. The van der Waals surface area contributed by atoms with Gasteiger partial charge in [-0.15, -0.1) is 11.3 Å². The second-order valence-electron chi connectivity index (χ2n) is 2.65. The maximum Gasteiger partial charge on any atom is 0.232 e. The number of nitrogens with zero attached hydrogens (tertiary/aromatic N) is 1. The van der Waals surface area contributed by atoms with E-state index in [2.05, 4.69) is 4.98 Å². The number of pyridine rings is 1. The average Bonchev–Trinajstić information content (AvgIpc) is 2.68. The molecule has 0 radical (unpaired) electrons. The van der Waals surface area contributed by atoms with E-state index >= 15 is 0 Å². The van der Waals surface area contributed by atoms with Crippen LogP contribution in [0, 0.1) is 0 Å². The molecule has 2 heterocycles. The first-order valence-corrected chi connectivity index (χ1v) is 5.88. The molecule has 2 aromatic rings. The summed E-state index contributed by atoms with van der Waals surface area (Å²) in [4.78, 5) is 17.1. The predicted octanol–water partition coefficient (Wildman–Crippen LogP) is 3.39. The summed E-state index contributed by atoms with van der Waals surface area (Å²) in [5.74, 6) is 0. The summed E-state index contributed by atoms with van der Waals surface area (Å²) < 4.78 is 0.0785. The standard InChI is InChI=1S/C10H6INOS/c11-10(13)9-5-4-8(14-9)7-3-1-2-6-12-7/h1-6H. The molecular formula is C10H6INOS. The first-order valence-electron chi connectivity index (χ1n) is 3.98. The Balaban J connectivity index is 2.39. The van der Waals surface area contributed by atoms with Crippen LogP contribution >= 0.6 is 33.9 Å². The lowest BCUT2D eigenvalue weighted by Crippen LogP contribution is -1.78. The van der Waals surface area contributed by atoms with E-state index in [9.17, 15) is 4.79 Å². The highest BCUT2D eigenvalue weighted by atomic mass is 127. The molecule has 0 bridgehead atoms. The van der Waals surface area contributed by atoms with Crippen LogP contribution in [-0.2, 0) is 0 Å². The number of thiophene rings is 1. The lowest BCUT2D eigenvalue weighted by atomic mass is 10.3. The number of carbonyl (C=O) groups is 1. The zero-order chi connectivity index (χ0) is 9.97. The fraction of sp³-hybridized carbons (Fsp3) is 0. The molecule has 0 fully saturated rings. The van der Waals surface area contributed by atoms with Crippen LogP contribution in [0.3, 0.4) is 0 Å². The van der Waals surface area contributed by atoms with Gasteiger partial charge in [0.1, 0.15) is 0 Å². The second kappa shape index (κ2) is 4.18. The molecule has 0 amide bonds. The van der Waals surface area contributed by atoms with Crippen LogP contribution in [0.25, 0.3) is 10.6 Å². The highest BCUT2D eigenvalue weighted by Crippen LogP contribution is 2.27. The molecule has 14 heavy (non-hydrogen) atoms. The van der Waals surface area contributed by atoms with Crippen molar-refractivity contribution < 1.29 is 4.79 Å². The number of hydrogen-bond donors (Lipinski definition) is 0. The molecule has 0 N–H and O–H groups in total. The summed E-state index contributed by atoms with van der Waals surface area (Å²) in [6.07, 6.45) is 1.75. The van der Waals surface area contributed by atoms with Crippen LogP contribution in [0.15, 0.2) is 36.5 Å². The van der Waals surface area contributed by atoms with Crippen molar-refractivity contribution in [3.63, 3.8) is 0 Å². The molecule has 0 aromatic carbocycles. The van der Waals surface area contributed by atoms with E-state index < -0.39 is 0 Å². The van der Waals surface area contributed by atoms with E-state index in [4.69, 9.17) is 0 Å². The highest BCUT2D eigenvalue weighted by molar-refractivity contribution is 14.1. The summed E-state index contributed by atoms with van der Waals surface area (Å²) in [5.41, 5.74) is 0.918. The van der Waals surface area contributed by atoms with Gasteiger partial charge in [-0.05, 0) is 24.3 Å². The van der Waals surface area contributed by atoms with Gasteiger partial charge in [0.15, 0.2) is 0 Å². The van der Waals surface area contributed by atoms with Crippen LogP contribution in [0.5, 0.6) is 0 Å². The Bertz CT molecular complexity index is 452. The maximum absolute atomic E-state index is 11.1. The normalized spacial score (nSPS) is 10.1. The molecule has 0 spiro atoms. The second-order valence-corrected chi connectivity index (χ2v) is 4.72. The minimum Gasteiger partial charge on any atom is -0.281 e. The number of carbonyl (C=O) groups excluding carboxylic acids is 1. The Hall–Kier alpha value is -0.750. The van der Waals surface area contributed by atoms with E-state index in [0.29, 0.717) is 0 Å². The van der Waals surface area contributed by atoms with E-state index in [1.807, 2.05) is 30.3 Å². The molecule has 70 valence electrons. The summed E-state index contributed by atoms with van der Waals surface area (Å²) >= 11 is 3.27. The Labute approximate surface area is 99.1 Å². The van der Waals surface area contributed by atoms with Gasteiger partial charge in [0.25, 0.3) is 0 Å². The van der Waals surface area contributed by atoms with Crippen LogP contribution in [0.4, 0.5) is 0 Å². The Kier molecular flexibility index (Phi) is 2.93. The first-order chi connectivity index (χ1) is 6.77. The Morgan fingerprint density at radius 3 is 2.71 bits per heavy atom. The van der Waals surface area contributed by atoms with Gasteiger partial charge in [-0.2, -0.15) is 0 Å². The van der Waals surface area contributed by atoms with E-state index in [-0.39, 0.29) is 3.79 Å². The molecule has 2 rings (SSSR count). The summed E-state index contributed by atoms with van der Waals surface area (Å²) in [6, 6.07) is 9.52. The summed E-state index contributed by atoms with van der Waals surface area (Å²) in [7, 11) is 0. The predicted molar refractivity (Wildman–Crippen MR) is 65.9 cm³/mol. The van der Waals surface area contributed by atoms with Gasteiger partial charge in [-0.1, -0.05) is 6.07 Å². The third-order valence-electron chi connectivity index (χ3n) is 1.72. The number of aromatic nitrogens is 1. The van der Waals surface area contributed by atoms with Crippen molar-refractivity contribution in [1.82, 2.24) is 4.98 Å². The van der Waals surface area contributed by atoms with Gasteiger partial charge in [-0.3, -0.25) is 9.78 Å². The largest absolute Gasteiger partial charge is 0.281 e. The number of halogens is 1. The Morgan fingerprint density at radius 2 is 2.14 bits per heavy atom. The molecule has 0 saturated carbocycles. The highest BCUT2D eigenvalue weighted by Gasteiger charge is 2.07. The molecule has 2 aromatic heterocycles. The molecule has 0 unspecified atom stereocenters. The Morgan fingerprint density at radius 1 is 1.29 bits per heavy atom. The molecule has 2 nitrogen and oxygen atoms in total. The zero-order valence-corrected chi connectivity index (χ0v) is 10.1. The molecule has 0 saturated heterocycles. The minimum absolute atomic E-state index is 0.0785. The zero-order valence-electron chi connectivity index (χ0n) is 7.11. The first kappa shape index (κ1) is 9.79. The topological polar surface area (TPSA) is 30.0 Å². The third-order valence-corrected chi connectivity index (χ3v) is 3.77.